The van der Waals surface area contributed by atoms with Gasteiger partial charge in [0.1, 0.15) is 0 Å². The van der Waals surface area contributed by atoms with Crippen molar-refractivity contribution in [3.63, 3.8) is 0 Å². The van der Waals surface area contributed by atoms with Crippen molar-refractivity contribution in [2.75, 3.05) is 16.2 Å². The molecule has 7 nitrogen and oxygen atoms in total. The molecule has 1 aliphatic rings. The Morgan fingerprint density at radius 2 is 1.75 bits per heavy atom. The number of non-ortho nitro benzene ring substituents is 1. The molecule has 0 bridgehead atoms. The fourth-order valence-electron chi connectivity index (χ4n) is 2.81. The van der Waals surface area contributed by atoms with E-state index in [1.807, 2.05) is 26.0 Å². The fourth-order valence-corrected chi connectivity index (χ4v) is 4.63. The predicted molar refractivity (Wildman–Crippen MR) is 91.8 cm³/mol. The summed E-state index contributed by atoms with van der Waals surface area (Å²) in [6.45, 7) is 4.12. The number of sulfonamides is 1. The van der Waals surface area contributed by atoms with Crippen molar-refractivity contribution in [3.8, 4) is 0 Å². The Balaban J connectivity index is 2.13. The summed E-state index contributed by atoms with van der Waals surface area (Å²) in [4.78, 5) is 10.2. The lowest BCUT2D eigenvalue weighted by atomic mass is 10.0. The molecule has 1 heterocycles. The van der Waals surface area contributed by atoms with Crippen molar-refractivity contribution in [1.82, 2.24) is 0 Å². The van der Waals surface area contributed by atoms with Crippen molar-refractivity contribution in [1.29, 1.82) is 0 Å². The van der Waals surface area contributed by atoms with E-state index < -0.39 is 20.5 Å². The van der Waals surface area contributed by atoms with Gasteiger partial charge in [0.25, 0.3) is 15.7 Å². The largest absolute Gasteiger partial charge is 0.381 e. The maximum absolute atomic E-state index is 13.2. The second kappa shape index (κ2) is 5.48. The van der Waals surface area contributed by atoms with Gasteiger partial charge in [-0.3, -0.25) is 14.4 Å². The number of anilines is 2. The first-order valence-electron chi connectivity index (χ1n) is 7.36. The second-order valence-electron chi connectivity index (χ2n) is 6.20. The SMILES string of the molecule is CC1(C)CNc2ccccc2N1S(=O)(=O)c1ccc([N+](=O)[O-])cc1. The van der Waals surface area contributed by atoms with Crippen molar-refractivity contribution >= 4 is 27.1 Å². The summed E-state index contributed by atoms with van der Waals surface area (Å²) in [5.74, 6) is 0. The minimum absolute atomic E-state index is 0.0258. The Kier molecular flexibility index (Phi) is 3.71. The molecule has 3 rings (SSSR count). The van der Waals surface area contributed by atoms with E-state index in [0.29, 0.717) is 12.2 Å². The van der Waals surface area contributed by atoms with E-state index in [0.717, 1.165) is 5.69 Å². The second-order valence-corrected chi connectivity index (χ2v) is 7.99. The smallest absolute Gasteiger partial charge is 0.269 e. The van der Waals surface area contributed by atoms with Crippen LogP contribution in [0, 0.1) is 10.1 Å². The minimum Gasteiger partial charge on any atom is -0.381 e. The fraction of sp³-hybridized carbons (Fsp3) is 0.250. The van der Waals surface area contributed by atoms with Gasteiger partial charge in [-0.1, -0.05) is 12.1 Å². The van der Waals surface area contributed by atoms with Crippen LogP contribution >= 0.6 is 0 Å². The number of hydrogen-bond donors (Lipinski definition) is 1. The maximum Gasteiger partial charge on any atom is 0.269 e. The molecule has 0 saturated carbocycles. The van der Waals surface area contributed by atoms with Crippen LogP contribution in [0.15, 0.2) is 53.4 Å². The number of nitrogens with one attached hydrogen (secondary N) is 1. The highest BCUT2D eigenvalue weighted by atomic mass is 32.2. The van der Waals surface area contributed by atoms with Crippen LogP contribution in [-0.4, -0.2) is 25.4 Å². The molecule has 126 valence electrons. The number of nitrogens with zero attached hydrogens (tertiary/aromatic N) is 2. The number of hydrogen-bond acceptors (Lipinski definition) is 5. The van der Waals surface area contributed by atoms with Crippen LogP contribution < -0.4 is 9.62 Å². The van der Waals surface area contributed by atoms with Crippen molar-refractivity contribution in [3.05, 3.63) is 58.6 Å². The number of nitro benzene ring substituents is 1. The van der Waals surface area contributed by atoms with Gasteiger partial charge >= 0.3 is 0 Å². The average Bonchev–Trinajstić information content (AvgIpc) is 2.53. The molecule has 0 spiro atoms. The summed E-state index contributed by atoms with van der Waals surface area (Å²) in [5.41, 5.74) is 0.470. The summed E-state index contributed by atoms with van der Waals surface area (Å²) in [7, 11) is -3.85. The van der Waals surface area contributed by atoms with Gasteiger partial charge in [-0.2, -0.15) is 0 Å². The first-order valence-corrected chi connectivity index (χ1v) is 8.80. The predicted octanol–water partition coefficient (Wildman–Crippen LogP) is 2.99. The number of nitro groups is 1. The monoisotopic (exact) mass is 347 g/mol. The summed E-state index contributed by atoms with van der Waals surface area (Å²) in [6, 6.07) is 12.1. The molecular formula is C16H17N3O4S. The Morgan fingerprint density at radius 1 is 1.12 bits per heavy atom. The van der Waals surface area contributed by atoms with Crippen LogP contribution in [-0.2, 0) is 10.0 Å². The third-order valence-corrected chi connectivity index (χ3v) is 6.01. The lowest BCUT2D eigenvalue weighted by Gasteiger charge is -2.44. The van der Waals surface area contributed by atoms with Gasteiger partial charge in [-0.15, -0.1) is 0 Å². The van der Waals surface area contributed by atoms with Crippen LogP contribution in [0.25, 0.3) is 0 Å². The molecule has 8 heteroatoms. The van der Waals surface area contributed by atoms with Crippen LogP contribution in [0.1, 0.15) is 13.8 Å². The van der Waals surface area contributed by atoms with Gasteiger partial charge in [0, 0.05) is 18.7 Å². The number of fused-ring (bicyclic) bond motifs is 1. The molecule has 2 aromatic rings. The Morgan fingerprint density at radius 3 is 2.38 bits per heavy atom. The topological polar surface area (TPSA) is 92.6 Å². The molecule has 0 saturated heterocycles. The molecule has 1 aliphatic heterocycles. The zero-order chi connectivity index (χ0) is 17.5. The van der Waals surface area contributed by atoms with Gasteiger partial charge in [0.2, 0.25) is 0 Å². The quantitative estimate of drug-likeness (QED) is 0.680. The summed E-state index contributed by atoms with van der Waals surface area (Å²) in [5, 5.41) is 14.0. The Labute approximate surface area is 140 Å². The standard InChI is InChI=1S/C16H17N3O4S/c1-16(2)11-17-14-5-3-4-6-15(14)18(16)24(22,23)13-9-7-12(8-10-13)19(20)21/h3-10,17H,11H2,1-2H3. The molecule has 24 heavy (non-hydrogen) atoms. The summed E-state index contributed by atoms with van der Waals surface area (Å²) >= 11 is 0. The van der Waals surface area contributed by atoms with Crippen molar-refractivity contribution in [2.45, 2.75) is 24.3 Å². The molecule has 0 radical (unpaired) electrons. The summed E-state index contributed by atoms with van der Waals surface area (Å²) < 4.78 is 27.7. The van der Waals surface area contributed by atoms with Crippen LogP contribution in [0.3, 0.4) is 0 Å². The molecular weight excluding hydrogens is 330 g/mol. The van der Waals surface area contributed by atoms with E-state index in [2.05, 4.69) is 5.32 Å². The molecule has 0 unspecified atom stereocenters. The summed E-state index contributed by atoms with van der Waals surface area (Å²) in [6.07, 6.45) is 0. The Hall–Kier alpha value is -2.61. The van der Waals surface area contributed by atoms with Crippen molar-refractivity contribution in [2.24, 2.45) is 0 Å². The van der Waals surface area contributed by atoms with Gasteiger partial charge in [-0.05, 0) is 38.1 Å². The highest BCUT2D eigenvalue weighted by molar-refractivity contribution is 7.93. The lowest BCUT2D eigenvalue weighted by Crippen LogP contribution is -2.54. The van der Waals surface area contributed by atoms with E-state index in [1.165, 1.54) is 28.6 Å². The van der Waals surface area contributed by atoms with Crippen LogP contribution in [0.4, 0.5) is 17.1 Å². The molecule has 1 N–H and O–H groups in total. The molecule has 0 fully saturated rings. The molecule has 0 aromatic heterocycles. The first kappa shape index (κ1) is 16.3. The van der Waals surface area contributed by atoms with Crippen molar-refractivity contribution < 1.29 is 13.3 Å². The van der Waals surface area contributed by atoms with E-state index in [-0.39, 0.29) is 10.6 Å². The minimum atomic E-state index is -3.85. The van der Waals surface area contributed by atoms with Crippen LogP contribution in [0.5, 0.6) is 0 Å². The molecule has 2 aromatic carbocycles. The van der Waals surface area contributed by atoms with E-state index in [4.69, 9.17) is 0 Å². The number of para-hydroxylation sites is 2. The molecule has 0 aliphatic carbocycles. The zero-order valence-corrected chi connectivity index (χ0v) is 14.1. The third kappa shape index (κ3) is 2.58. The zero-order valence-electron chi connectivity index (χ0n) is 13.3. The van der Waals surface area contributed by atoms with E-state index in [9.17, 15) is 18.5 Å². The third-order valence-electron chi connectivity index (χ3n) is 3.97. The van der Waals surface area contributed by atoms with Gasteiger partial charge in [-0.25, -0.2) is 8.42 Å². The molecule has 0 atom stereocenters. The normalized spacial score (nSPS) is 16.2. The van der Waals surface area contributed by atoms with Gasteiger partial charge in [0.15, 0.2) is 0 Å². The number of rotatable bonds is 3. The average molecular weight is 347 g/mol. The van der Waals surface area contributed by atoms with Gasteiger partial charge < -0.3 is 5.32 Å². The maximum atomic E-state index is 13.2. The Bertz CT molecular complexity index is 892. The highest BCUT2D eigenvalue weighted by Gasteiger charge is 2.41. The van der Waals surface area contributed by atoms with E-state index >= 15 is 0 Å². The van der Waals surface area contributed by atoms with Gasteiger partial charge in [0.05, 0.1) is 26.7 Å². The molecule has 0 amide bonds. The van der Waals surface area contributed by atoms with E-state index in [1.54, 1.807) is 12.1 Å². The lowest BCUT2D eigenvalue weighted by molar-refractivity contribution is -0.384. The highest BCUT2D eigenvalue weighted by Crippen LogP contribution is 2.40. The first-order chi connectivity index (χ1) is 11.2. The van der Waals surface area contributed by atoms with Crippen LogP contribution in [0.2, 0.25) is 0 Å². The number of benzene rings is 2.